The number of rotatable bonds is 1. The van der Waals surface area contributed by atoms with Gasteiger partial charge in [-0.05, 0) is 0 Å². The van der Waals surface area contributed by atoms with Crippen LogP contribution in [0.4, 0.5) is 0 Å². The number of hydrogen-bond acceptors (Lipinski definition) is 2. The third kappa shape index (κ3) is 1.27. The van der Waals surface area contributed by atoms with Gasteiger partial charge >= 0.3 is 79.6 Å². The maximum atomic E-state index is 3.98. The minimum atomic E-state index is 0.446. The standard InChI is InChI=1S/C6H4N3.Ag.BrH/c1-2-4-6-5(3-1)7-9-8-6;;/h1-4H;;1H/q-1;+2;/p-1. The van der Waals surface area contributed by atoms with E-state index in [0.717, 1.165) is 11.0 Å². The summed E-state index contributed by atoms with van der Waals surface area (Å²) in [6.07, 6.45) is 0. The molecule has 1 aromatic heterocycles. The van der Waals surface area contributed by atoms with Crippen LogP contribution in [0, 0.1) is 0 Å². The number of para-hydroxylation sites is 1. The predicted molar refractivity (Wildman–Crippen MR) is 41.9 cm³/mol. The molecule has 0 aliphatic rings. The molecule has 0 atom stereocenters. The second-order valence-corrected chi connectivity index (χ2v) is 4.10. The molecule has 1 aromatic carbocycles. The third-order valence-electron chi connectivity index (χ3n) is 1.33. The van der Waals surface area contributed by atoms with E-state index < -0.39 is 0 Å². The molecule has 0 spiro atoms. The Morgan fingerprint density at radius 3 is 3.00 bits per heavy atom. The molecule has 3 nitrogen and oxygen atoms in total. The summed E-state index contributed by atoms with van der Waals surface area (Å²) in [5.41, 5.74) is 2.02. The number of fused-ring (bicyclic) bond motifs is 1. The summed E-state index contributed by atoms with van der Waals surface area (Å²) in [5.74, 6) is 0. The van der Waals surface area contributed by atoms with Crippen LogP contribution in [0.3, 0.4) is 0 Å². The van der Waals surface area contributed by atoms with E-state index in [2.05, 4.69) is 23.3 Å². The molecule has 5 heteroatoms. The summed E-state index contributed by atoms with van der Waals surface area (Å²) >= 11 is 3.79. The average molecular weight is 306 g/mol. The van der Waals surface area contributed by atoms with Gasteiger partial charge in [-0.15, -0.1) is 0 Å². The van der Waals surface area contributed by atoms with Gasteiger partial charge in [0.1, 0.15) is 0 Å². The topological polar surface area (TPSA) is 30.7 Å². The van der Waals surface area contributed by atoms with Crippen LogP contribution in [-0.2, 0) is 17.9 Å². The van der Waals surface area contributed by atoms with Gasteiger partial charge in [0.2, 0.25) is 0 Å². The van der Waals surface area contributed by atoms with Crippen molar-refractivity contribution in [3.8, 4) is 0 Å². The number of benzene rings is 1. The van der Waals surface area contributed by atoms with Crippen molar-refractivity contribution in [3.63, 3.8) is 0 Å². The molecule has 2 aromatic rings. The first kappa shape index (κ1) is 7.49. The Morgan fingerprint density at radius 2 is 2.18 bits per heavy atom. The van der Waals surface area contributed by atoms with Crippen LogP contribution in [0.25, 0.3) is 11.0 Å². The van der Waals surface area contributed by atoms with Gasteiger partial charge in [0.05, 0.1) is 0 Å². The quantitative estimate of drug-likeness (QED) is 0.749. The van der Waals surface area contributed by atoms with Crippen molar-refractivity contribution in [2.45, 2.75) is 0 Å². The monoisotopic (exact) mass is 304 g/mol. The molecule has 0 N–H and O–H groups in total. The molecule has 0 unspecified atom stereocenters. The van der Waals surface area contributed by atoms with Gasteiger partial charge in [-0.1, -0.05) is 0 Å². The summed E-state index contributed by atoms with van der Waals surface area (Å²) in [5, 5.41) is 7.93. The van der Waals surface area contributed by atoms with Crippen LogP contribution in [0.2, 0.25) is 0 Å². The van der Waals surface area contributed by atoms with Crippen molar-refractivity contribution < 1.29 is 17.9 Å². The molecule has 2 rings (SSSR count). The third-order valence-corrected chi connectivity index (χ3v) is 3.26. The van der Waals surface area contributed by atoms with Gasteiger partial charge in [0, 0.05) is 0 Å². The second-order valence-electron chi connectivity index (χ2n) is 1.96. The van der Waals surface area contributed by atoms with Gasteiger partial charge in [0.25, 0.3) is 0 Å². The first-order valence-corrected chi connectivity index (χ1v) is 6.98. The fraction of sp³-hybridized carbons (Fsp3) is 0. The van der Waals surface area contributed by atoms with Crippen molar-refractivity contribution in [2.75, 3.05) is 0 Å². The Morgan fingerprint density at radius 1 is 1.36 bits per heavy atom. The summed E-state index contributed by atoms with van der Waals surface area (Å²) < 4.78 is 1.83. The molecule has 0 radical (unpaired) electrons. The fourth-order valence-corrected chi connectivity index (χ4v) is 2.33. The molecular formula is C6H4AgBrN3. The van der Waals surface area contributed by atoms with Gasteiger partial charge in [-0.3, -0.25) is 0 Å². The van der Waals surface area contributed by atoms with Crippen molar-refractivity contribution in [3.05, 3.63) is 24.3 Å². The molecule has 0 amide bonds. The van der Waals surface area contributed by atoms with E-state index in [1.807, 2.05) is 27.4 Å². The SMILES string of the molecule is [Br][Ag][n]1nnc2ccccc21. The molecule has 1 heterocycles. The van der Waals surface area contributed by atoms with Crippen molar-refractivity contribution in [2.24, 2.45) is 0 Å². The number of aromatic nitrogens is 3. The van der Waals surface area contributed by atoms with Crippen LogP contribution >= 0.6 is 13.0 Å². The van der Waals surface area contributed by atoms with E-state index in [0.29, 0.717) is 17.9 Å². The second kappa shape index (κ2) is 3.06. The first-order valence-electron chi connectivity index (χ1n) is 2.92. The Balaban J connectivity index is 2.76. The van der Waals surface area contributed by atoms with E-state index in [1.54, 1.807) is 0 Å². The Hall–Kier alpha value is -0.160. The molecular weight excluding hydrogens is 302 g/mol. The summed E-state index contributed by atoms with van der Waals surface area (Å²) in [6, 6.07) is 7.89. The Bertz CT molecular complexity index is 373. The van der Waals surface area contributed by atoms with Crippen LogP contribution in [0.1, 0.15) is 0 Å². The minimum absolute atomic E-state index is 0.446. The first-order chi connectivity index (χ1) is 5.42. The zero-order valence-corrected chi connectivity index (χ0v) is 8.40. The Labute approximate surface area is 79.4 Å². The van der Waals surface area contributed by atoms with E-state index >= 15 is 0 Å². The normalized spacial score (nSPS) is 11.0. The summed E-state index contributed by atoms with van der Waals surface area (Å²) in [6.45, 7) is 0. The van der Waals surface area contributed by atoms with Crippen LogP contribution in [-0.4, -0.2) is 13.4 Å². The predicted octanol–water partition coefficient (Wildman–Crippen LogP) is 1.59. The van der Waals surface area contributed by atoms with Crippen LogP contribution in [0.15, 0.2) is 24.3 Å². The van der Waals surface area contributed by atoms with E-state index in [4.69, 9.17) is 0 Å². The molecule has 0 aliphatic carbocycles. The number of halogens is 1. The van der Waals surface area contributed by atoms with Gasteiger partial charge in [-0.2, -0.15) is 0 Å². The fourth-order valence-electron chi connectivity index (χ4n) is 0.860. The summed E-state index contributed by atoms with van der Waals surface area (Å²) in [4.78, 5) is 0. The molecule has 0 bridgehead atoms. The van der Waals surface area contributed by atoms with Gasteiger partial charge in [-0.25, -0.2) is 0 Å². The van der Waals surface area contributed by atoms with E-state index in [9.17, 15) is 0 Å². The van der Waals surface area contributed by atoms with Gasteiger partial charge in [0.15, 0.2) is 0 Å². The zero-order valence-electron chi connectivity index (χ0n) is 5.33. The molecule has 0 aliphatic heterocycles. The van der Waals surface area contributed by atoms with E-state index in [-0.39, 0.29) is 0 Å². The summed E-state index contributed by atoms with van der Waals surface area (Å²) in [7, 11) is 0. The molecule has 0 fully saturated rings. The maximum absolute atomic E-state index is 3.98. The van der Waals surface area contributed by atoms with Crippen LogP contribution < -0.4 is 0 Å². The molecule has 0 saturated carbocycles. The number of nitrogens with zero attached hydrogens (tertiary/aromatic N) is 3. The molecule has 61 valence electrons. The van der Waals surface area contributed by atoms with E-state index in [1.165, 1.54) is 0 Å². The molecule has 0 saturated heterocycles. The average Bonchev–Trinajstić information content (AvgIpc) is 2.47. The molecule has 11 heavy (non-hydrogen) atoms. The zero-order chi connectivity index (χ0) is 7.68. The number of hydrogen-bond donors (Lipinski definition) is 0. The Kier molecular flexibility index (Phi) is 2.09. The van der Waals surface area contributed by atoms with Crippen molar-refractivity contribution in [1.82, 2.24) is 13.4 Å². The van der Waals surface area contributed by atoms with Gasteiger partial charge < -0.3 is 0 Å². The van der Waals surface area contributed by atoms with Crippen molar-refractivity contribution >= 4 is 24.1 Å². The van der Waals surface area contributed by atoms with Crippen LogP contribution in [0.5, 0.6) is 0 Å². The van der Waals surface area contributed by atoms with Crippen molar-refractivity contribution in [1.29, 1.82) is 0 Å².